The van der Waals surface area contributed by atoms with Crippen LogP contribution in [0.3, 0.4) is 0 Å². The highest BCUT2D eigenvalue weighted by Gasteiger charge is 2.21. The Morgan fingerprint density at radius 2 is 0.740 bits per heavy atom. The first kappa shape index (κ1) is 28.3. The van der Waals surface area contributed by atoms with E-state index in [4.69, 9.17) is 4.98 Å². The Morgan fingerprint density at radius 3 is 1.30 bits per heavy atom. The van der Waals surface area contributed by atoms with Crippen LogP contribution in [-0.2, 0) is 0 Å². The number of rotatable bonds is 5. The molecule has 3 heteroatoms. The van der Waals surface area contributed by atoms with Gasteiger partial charge in [-0.2, -0.15) is 0 Å². The van der Waals surface area contributed by atoms with E-state index in [-0.39, 0.29) is 0 Å². The van der Waals surface area contributed by atoms with Gasteiger partial charge in [-0.15, -0.1) is 0 Å². The van der Waals surface area contributed by atoms with Gasteiger partial charge >= 0.3 is 0 Å². The fraction of sp³-hybridized carbons (Fsp3) is 0. The van der Waals surface area contributed by atoms with Gasteiger partial charge in [0.15, 0.2) is 0 Å². The predicted molar refractivity (Wildman–Crippen MR) is 209 cm³/mol. The summed E-state index contributed by atoms with van der Waals surface area (Å²) in [5.74, 6) is 0. The van der Waals surface area contributed by atoms with Gasteiger partial charge in [-0.25, -0.2) is 4.98 Å². The highest BCUT2D eigenvalue weighted by Crippen LogP contribution is 2.42. The van der Waals surface area contributed by atoms with Gasteiger partial charge in [0.25, 0.3) is 0 Å². The van der Waals surface area contributed by atoms with Crippen molar-refractivity contribution in [2.45, 2.75) is 0 Å². The van der Waals surface area contributed by atoms with Crippen molar-refractivity contribution in [3.8, 4) is 45.0 Å². The zero-order valence-electron chi connectivity index (χ0n) is 27.2. The maximum Gasteiger partial charge on any atom is 0.0788 e. The van der Waals surface area contributed by atoms with Crippen molar-refractivity contribution < 1.29 is 0 Å². The first-order valence-electron chi connectivity index (χ1n) is 17.1. The Kier molecular flexibility index (Phi) is 6.49. The van der Waals surface area contributed by atoms with Crippen LogP contribution in [0.15, 0.2) is 188 Å². The van der Waals surface area contributed by atoms with Crippen LogP contribution in [0.4, 0.5) is 0 Å². The van der Waals surface area contributed by atoms with Gasteiger partial charge in [0.05, 0.1) is 33.5 Å². The SMILES string of the molecule is c1ccc(-c2cc(-c3cccc(-n4c5ccccc5c5ccc6c7ccccc7n(-c7ccccc7)c6c54)c3)cc(-c3ccccc3)n2)cc1. The fourth-order valence-electron chi connectivity index (χ4n) is 7.65. The summed E-state index contributed by atoms with van der Waals surface area (Å²) < 4.78 is 4.90. The van der Waals surface area contributed by atoms with E-state index in [1.54, 1.807) is 0 Å². The Hall–Kier alpha value is -6.71. The number of pyridine rings is 1. The molecule has 0 aliphatic heterocycles. The Labute approximate surface area is 290 Å². The van der Waals surface area contributed by atoms with Gasteiger partial charge in [0, 0.05) is 44.0 Å². The average Bonchev–Trinajstić information content (AvgIpc) is 3.72. The first-order chi connectivity index (χ1) is 24.8. The topological polar surface area (TPSA) is 22.8 Å². The van der Waals surface area contributed by atoms with Gasteiger partial charge in [-0.1, -0.05) is 140 Å². The van der Waals surface area contributed by atoms with Crippen molar-refractivity contribution in [2.75, 3.05) is 0 Å². The third-order valence-electron chi connectivity index (χ3n) is 9.89. The Balaban J connectivity index is 1.27. The molecule has 0 N–H and O–H groups in total. The van der Waals surface area contributed by atoms with Gasteiger partial charge in [-0.05, 0) is 59.7 Å². The molecule has 3 heterocycles. The highest BCUT2D eigenvalue weighted by atomic mass is 15.0. The molecule has 10 aromatic rings. The monoisotopic (exact) mass is 637 g/mol. The van der Waals surface area contributed by atoms with Crippen molar-refractivity contribution in [2.24, 2.45) is 0 Å². The lowest BCUT2D eigenvalue weighted by molar-refractivity contribution is 1.15. The van der Waals surface area contributed by atoms with Crippen LogP contribution in [0, 0.1) is 0 Å². The lowest BCUT2D eigenvalue weighted by atomic mass is 9.99. The normalized spacial score (nSPS) is 11.6. The summed E-state index contributed by atoms with van der Waals surface area (Å²) in [6.45, 7) is 0. The maximum atomic E-state index is 5.14. The number of fused-ring (bicyclic) bond motifs is 7. The highest BCUT2D eigenvalue weighted by molar-refractivity contribution is 6.23. The first-order valence-corrected chi connectivity index (χ1v) is 17.1. The quantitative estimate of drug-likeness (QED) is 0.184. The zero-order chi connectivity index (χ0) is 33.0. The molecule has 0 amide bonds. The van der Waals surface area contributed by atoms with E-state index >= 15 is 0 Å². The average molecular weight is 638 g/mol. The molecule has 0 bridgehead atoms. The minimum Gasteiger partial charge on any atom is -0.307 e. The van der Waals surface area contributed by atoms with Crippen molar-refractivity contribution in [3.63, 3.8) is 0 Å². The van der Waals surface area contributed by atoms with Crippen LogP contribution in [-0.4, -0.2) is 14.1 Å². The molecule has 0 spiro atoms. The molecule has 3 aromatic heterocycles. The summed E-state index contributed by atoms with van der Waals surface area (Å²) >= 11 is 0. The maximum absolute atomic E-state index is 5.14. The second kappa shape index (κ2) is 11.5. The molecule has 0 atom stereocenters. The Morgan fingerprint density at radius 1 is 0.300 bits per heavy atom. The van der Waals surface area contributed by atoms with Gasteiger partial charge in [-0.3, -0.25) is 0 Å². The summed E-state index contributed by atoms with van der Waals surface area (Å²) in [6.07, 6.45) is 0. The van der Waals surface area contributed by atoms with Crippen LogP contribution in [0.1, 0.15) is 0 Å². The molecule has 7 aromatic carbocycles. The molecule has 0 unspecified atom stereocenters. The third-order valence-corrected chi connectivity index (χ3v) is 9.89. The summed E-state index contributed by atoms with van der Waals surface area (Å²) in [4.78, 5) is 5.14. The van der Waals surface area contributed by atoms with Crippen molar-refractivity contribution >= 4 is 43.6 Å². The van der Waals surface area contributed by atoms with Gasteiger partial charge in [0.1, 0.15) is 0 Å². The lowest BCUT2D eigenvalue weighted by Crippen LogP contribution is -1.99. The molecule has 0 fully saturated rings. The van der Waals surface area contributed by atoms with Crippen molar-refractivity contribution in [3.05, 3.63) is 188 Å². The summed E-state index contributed by atoms with van der Waals surface area (Å²) in [5.41, 5.74) is 13.4. The summed E-state index contributed by atoms with van der Waals surface area (Å²) in [7, 11) is 0. The van der Waals surface area contributed by atoms with Crippen molar-refractivity contribution in [1.82, 2.24) is 14.1 Å². The molecule has 10 rings (SSSR count). The van der Waals surface area contributed by atoms with Crippen LogP contribution >= 0.6 is 0 Å². The number of para-hydroxylation sites is 3. The molecule has 0 aliphatic rings. The van der Waals surface area contributed by atoms with Gasteiger partial charge in [0.2, 0.25) is 0 Å². The third kappa shape index (κ3) is 4.48. The zero-order valence-corrected chi connectivity index (χ0v) is 27.2. The van der Waals surface area contributed by atoms with E-state index < -0.39 is 0 Å². The molecule has 0 radical (unpaired) electrons. The van der Waals surface area contributed by atoms with Crippen molar-refractivity contribution in [1.29, 1.82) is 0 Å². The van der Waals surface area contributed by atoms with E-state index in [0.29, 0.717) is 0 Å². The number of hydrogen-bond acceptors (Lipinski definition) is 1. The van der Waals surface area contributed by atoms with E-state index in [0.717, 1.165) is 45.0 Å². The molecule has 3 nitrogen and oxygen atoms in total. The van der Waals surface area contributed by atoms with Crippen LogP contribution < -0.4 is 0 Å². The lowest BCUT2D eigenvalue weighted by Gasteiger charge is -2.14. The van der Waals surface area contributed by atoms with E-state index in [1.165, 1.54) is 43.6 Å². The van der Waals surface area contributed by atoms with Crippen LogP contribution in [0.5, 0.6) is 0 Å². The molecule has 234 valence electrons. The standard InChI is InChI=1S/C47H31N3/c1-4-15-32(16-5-1)42-30-35(31-43(48-42)33-17-6-2-7-18-33)34-19-14-22-37(29-34)50-45-26-13-11-24-39(45)41-28-27-40-38-23-10-12-25-44(38)49(46(40)47(41)50)36-20-8-3-9-21-36/h1-31H. The summed E-state index contributed by atoms with van der Waals surface area (Å²) in [6, 6.07) is 67.2. The summed E-state index contributed by atoms with van der Waals surface area (Å²) in [5, 5.41) is 4.96. The molecule has 0 saturated heterocycles. The molecule has 50 heavy (non-hydrogen) atoms. The number of aromatic nitrogens is 3. The van der Waals surface area contributed by atoms with Crippen LogP contribution in [0.2, 0.25) is 0 Å². The number of hydrogen-bond donors (Lipinski definition) is 0. The second-order valence-electron chi connectivity index (χ2n) is 12.8. The molecular weight excluding hydrogens is 607 g/mol. The fourth-order valence-corrected chi connectivity index (χ4v) is 7.65. The van der Waals surface area contributed by atoms with E-state index in [1.807, 2.05) is 0 Å². The molecule has 0 aliphatic carbocycles. The Bertz CT molecular complexity index is 2790. The molecular formula is C47H31N3. The van der Waals surface area contributed by atoms with Crippen LogP contribution in [0.25, 0.3) is 88.6 Å². The largest absolute Gasteiger partial charge is 0.307 e. The minimum absolute atomic E-state index is 0.957. The molecule has 0 saturated carbocycles. The number of benzene rings is 7. The smallest absolute Gasteiger partial charge is 0.0788 e. The number of nitrogens with zero attached hydrogens (tertiary/aromatic N) is 3. The second-order valence-corrected chi connectivity index (χ2v) is 12.8. The van der Waals surface area contributed by atoms with E-state index in [2.05, 4.69) is 197 Å². The van der Waals surface area contributed by atoms with Gasteiger partial charge < -0.3 is 9.13 Å². The minimum atomic E-state index is 0.957. The van der Waals surface area contributed by atoms with E-state index in [9.17, 15) is 0 Å². The predicted octanol–water partition coefficient (Wildman–Crippen LogP) is 12.3.